The Labute approximate surface area is 192 Å². The third-order valence-electron chi connectivity index (χ3n) is 5.53. The summed E-state index contributed by atoms with van der Waals surface area (Å²) in [6, 6.07) is 21.1. The third-order valence-corrected chi connectivity index (χ3v) is 6.69. The number of methoxy groups -OCH3 is 2. The number of ketones is 1. The molecular formula is C26H25NO4S. The van der Waals surface area contributed by atoms with Crippen molar-refractivity contribution in [3.05, 3.63) is 83.4 Å². The molecule has 1 aliphatic heterocycles. The molecule has 0 radical (unpaired) electrons. The molecule has 1 atom stereocenters. The molecule has 0 aliphatic carbocycles. The van der Waals surface area contributed by atoms with Crippen LogP contribution in [-0.4, -0.2) is 31.7 Å². The number of nitrogens with one attached hydrogen (secondary N) is 1. The summed E-state index contributed by atoms with van der Waals surface area (Å²) in [7, 11) is 3.29. The number of fused-ring (bicyclic) bond motifs is 1. The van der Waals surface area contributed by atoms with Gasteiger partial charge < -0.3 is 14.8 Å². The molecule has 1 aliphatic rings. The van der Waals surface area contributed by atoms with Gasteiger partial charge in [0.15, 0.2) is 5.78 Å². The number of carbonyl (C=O) groups is 2. The molecule has 164 valence electrons. The normalized spacial score (nSPS) is 15.1. The molecule has 1 unspecified atom stereocenters. The Kier molecular flexibility index (Phi) is 6.81. The molecule has 32 heavy (non-hydrogen) atoms. The fourth-order valence-corrected chi connectivity index (χ4v) is 4.86. The summed E-state index contributed by atoms with van der Waals surface area (Å²) in [6.07, 6.45) is 1.69. The maximum atomic E-state index is 12.7. The molecule has 1 heterocycles. The van der Waals surface area contributed by atoms with E-state index in [9.17, 15) is 9.59 Å². The van der Waals surface area contributed by atoms with Crippen LogP contribution in [0, 0.1) is 5.92 Å². The first-order chi connectivity index (χ1) is 15.6. The molecule has 0 saturated heterocycles. The van der Waals surface area contributed by atoms with E-state index in [0.717, 1.165) is 40.4 Å². The average Bonchev–Trinajstić information content (AvgIpc) is 2.83. The van der Waals surface area contributed by atoms with E-state index in [-0.39, 0.29) is 11.7 Å². The summed E-state index contributed by atoms with van der Waals surface area (Å²) >= 11 is 1.55. The predicted molar refractivity (Wildman–Crippen MR) is 127 cm³/mol. The molecule has 6 heteroatoms. The number of ether oxygens (including phenoxy) is 2. The molecule has 0 spiro atoms. The van der Waals surface area contributed by atoms with Gasteiger partial charge in [-0.2, -0.15) is 0 Å². The van der Waals surface area contributed by atoms with Gasteiger partial charge in [0.2, 0.25) is 5.91 Å². The Morgan fingerprint density at radius 3 is 2.28 bits per heavy atom. The van der Waals surface area contributed by atoms with E-state index >= 15 is 0 Å². The van der Waals surface area contributed by atoms with E-state index in [1.165, 1.54) is 0 Å². The minimum Gasteiger partial charge on any atom is -0.497 e. The number of benzene rings is 3. The van der Waals surface area contributed by atoms with E-state index in [0.29, 0.717) is 17.0 Å². The number of hydrogen-bond donors (Lipinski definition) is 1. The predicted octanol–water partition coefficient (Wildman–Crippen LogP) is 5.03. The summed E-state index contributed by atoms with van der Waals surface area (Å²) in [5.74, 6) is 0.975. The standard InChI is InChI=1S/C26H25NO4S/c1-30-20-13-18(14-21(15-20)31-2)8-7-17-9-11-19(12-10-17)27-26(29)23-16-32-24-6-4-3-5-22(24)25(23)28/h3-6,9-15,23H,7-8,16H2,1-2H3,(H,27,29). The number of hydrogen-bond acceptors (Lipinski definition) is 5. The summed E-state index contributed by atoms with van der Waals surface area (Å²) in [4.78, 5) is 26.4. The highest BCUT2D eigenvalue weighted by atomic mass is 32.2. The molecule has 0 saturated carbocycles. The molecule has 5 nitrogen and oxygen atoms in total. The van der Waals surface area contributed by atoms with E-state index in [1.807, 2.05) is 60.7 Å². The molecule has 0 aromatic heterocycles. The van der Waals surface area contributed by atoms with Crippen molar-refractivity contribution in [1.82, 2.24) is 0 Å². The Morgan fingerprint density at radius 1 is 0.938 bits per heavy atom. The lowest BCUT2D eigenvalue weighted by Gasteiger charge is -2.22. The highest BCUT2D eigenvalue weighted by molar-refractivity contribution is 7.99. The van der Waals surface area contributed by atoms with Gasteiger partial charge in [0.1, 0.15) is 17.4 Å². The Bertz CT molecular complexity index is 1100. The van der Waals surface area contributed by atoms with Gasteiger partial charge in [0, 0.05) is 28.0 Å². The molecule has 1 amide bonds. The molecular weight excluding hydrogens is 422 g/mol. The third kappa shape index (κ3) is 4.97. The van der Waals surface area contributed by atoms with Crippen LogP contribution < -0.4 is 14.8 Å². The Morgan fingerprint density at radius 2 is 1.59 bits per heavy atom. The van der Waals surface area contributed by atoms with Crippen molar-refractivity contribution in [2.24, 2.45) is 5.92 Å². The van der Waals surface area contributed by atoms with Crippen molar-refractivity contribution in [2.75, 3.05) is 25.3 Å². The zero-order chi connectivity index (χ0) is 22.5. The minimum absolute atomic E-state index is 0.109. The second-order valence-electron chi connectivity index (χ2n) is 7.63. The highest BCUT2D eigenvalue weighted by Crippen LogP contribution is 2.33. The summed E-state index contributed by atoms with van der Waals surface area (Å²) in [5.41, 5.74) is 3.61. The average molecular weight is 448 g/mol. The maximum Gasteiger partial charge on any atom is 0.236 e. The number of thioether (sulfide) groups is 1. The van der Waals surface area contributed by atoms with Crippen molar-refractivity contribution in [3.8, 4) is 11.5 Å². The fraction of sp³-hybridized carbons (Fsp3) is 0.231. The van der Waals surface area contributed by atoms with Gasteiger partial charge in [-0.15, -0.1) is 11.8 Å². The number of aryl methyl sites for hydroxylation is 2. The summed E-state index contributed by atoms with van der Waals surface area (Å²) in [6.45, 7) is 0. The van der Waals surface area contributed by atoms with Crippen LogP contribution in [0.3, 0.4) is 0 Å². The number of amides is 1. The lowest BCUT2D eigenvalue weighted by molar-refractivity contribution is -0.118. The van der Waals surface area contributed by atoms with Crippen molar-refractivity contribution in [1.29, 1.82) is 0 Å². The molecule has 3 aromatic carbocycles. The van der Waals surface area contributed by atoms with Gasteiger partial charge in [-0.3, -0.25) is 9.59 Å². The zero-order valence-corrected chi connectivity index (χ0v) is 18.9. The second-order valence-corrected chi connectivity index (χ2v) is 8.69. The fourth-order valence-electron chi connectivity index (χ4n) is 3.71. The van der Waals surface area contributed by atoms with Crippen molar-refractivity contribution in [3.63, 3.8) is 0 Å². The van der Waals surface area contributed by atoms with Crippen molar-refractivity contribution in [2.45, 2.75) is 17.7 Å². The van der Waals surface area contributed by atoms with Crippen LogP contribution in [0.4, 0.5) is 5.69 Å². The van der Waals surface area contributed by atoms with Crippen LogP contribution in [0.1, 0.15) is 21.5 Å². The van der Waals surface area contributed by atoms with Gasteiger partial charge in [-0.05, 0) is 54.3 Å². The number of anilines is 1. The van der Waals surface area contributed by atoms with Gasteiger partial charge in [-0.1, -0.05) is 30.3 Å². The Hall–Kier alpha value is -3.25. The monoisotopic (exact) mass is 447 g/mol. The van der Waals surface area contributed by atoms with Crippen LogP contribution in [0.25, 0.3) is 0 Å². The molecule has 3 aromatic rings. The largest absolute Gasteiger partial charge is 0.497 e. The van der Waals surface area contributed by atoms with Gasteiger partial charge in [0.05, 0.1) is 14.2 Å². The Balaban J connectivity index is 1.36. The maximum absolute atomic E-state index is 12.7. The second kappa shape index (κ2) is 9.92. The molecule has 4 rings (SSSR count). The highest BCUT2D eigenvalue weighted by Gasteiger charge is 2.33. The smallest absolute Gasteiger partial charge is 0.236 e. The van der Waals surface area contributed by atoms with E-state index < -0.39 is 5.92 Å². The molecule has 0 bridgehead atoms. The van der Waals surface area contributed by atoms with E-state index in [4.69, 9.17) is 9.47 Å². The first kappa shape index (κ1) is 22.0. The first-order valence-corrected chi connectivity index (χ1v) is 11.4. The van der Waals surface area contributed by atoms with Gasteiger partial charge >= 0.3 is 0 Å². The van der Waals surface area contributed by atoms with Crippen LogP contribution in [0.2, 0.25) is 0 Å². The van der Waals surface area contributed by atoms with Crippen LogP contribution in [0.5, 0.6) is 11.5 Å². The molecule has 0 fully saturated rings. The molecule has 1 N–H and O–H groups in total. The first-order valence-electron chi connectivity index (χ1n) is 10.4. The zero-order valence-electron chi connectivity index (χ0n) is 18.1. The van der Waals surface area contributed by atoms with Gasteiger partial charge in [-0.25, -0.2) is 0 Å². The van der Waals surface area contributed by atoms with Crippen LogP contribution >= 0.6 is 11.8 Å². The van der Waals surface area contributed by atoms with Crippen molar-refractivity contribution < 1.29 is 19.1 Å². The lowest BCUT2D eigenvalue weighted by Crippen LogP contribution is -2.34. The van der Waals surface area contributed by atoms with Crippen LogP contribution in [0.15, 0.2) is 71.6 Å². The minimum atomic E-state index is -0.669. The van der Waals surface area contributed by atoms with Gasteiger partial charge in [0.25, 0.3) is 0 Å². The lowest BCUT2D eigenvalue weighted by atomic mass is 9.97. The van der Waals surface area contributed by atoms with E-state index in [2.05, 4.69) is 5.32 Å². The number of Topliss-reactive ketones (excluding diaryl/α,β-unsaturated/α-hetero) is 1. The SMILES string of the molecule is COc1cc(CCc2ccc(NC(=O)C3CSc4ccccc4C3=O)cc2)cc(OC)c1. The topological polar surface area (TPSA) is 64.6 Å². The summed E-state index contributed by atoms with van der Waals surface area (Å²) in [5, 5.41) is 2.90. The quantitative estimate of drug-likeness (QED) is 0.515. The number of rotatable bonds is 7. The van der Waals surface area contributed by atoms with Crippen molar-refractivity contribution >= 4 is 29.1 Å². The summed E-state index contributed by atoms with van der Waals surface area (Å²) < 4.78 is 10.7. The van der Waals surface area contributed by atoms with Crippen LogP contribution in [-0.2, 0) is 17.6 Å². The van der Waals surface area contributed by atoms with E-state index in [1.54, 1.807) is 32.0 Å². The number of carbonyl (C=O) groups excluding carboxylic acids is 2.